The maximum Gasteiger partial charge on any atom is 0.340 e. The highest BCUT2D eigenvalue weighted by atomic mass is 16.5. The van der Waals surface area contributed by atoms with Gasteiger partial charge >= 0.3 is 5.97 Å². The number of methoxy groups -OCH3 is 2. The lowest BCUT2D eigenvalue weighted by Crippen LogP contribution is -2.30. The Morgan fingerprint density at radius 2 is 2.05 bits per heavy atom. The fourth-order valence-electron chi connectivity index (χ4n) is 1.94. The number of esters is 1. The van der Waals surface area contributed by atoms with Gasteiger partial charge < -0.3 is 20.1 Å². The Morgan fingerprint density at radius 1 is 1.29 bits per heavy atom. The third-order valence-electron chi connectivity index (χ3n) is 3.32. The zero-order chi connectivity index (χ0) is 15.2. The molecule has 0 saturated heterocycles. The van der Waals surface area contributed by atoms with E-state index in [1.807, 2.05) is 0 Å². The number of nitrogens with one attached hydrogen (secondary N) is 2. The SMILES string of the molecule is COC(=O)c1cc(OC)ccc1NC(=O)CNCC1CC1. The quantitative estimate of drug-likeness (QED) is 0.743. The minimum absolute atomic E-state index is 0.189. The van der Waals surface area contributed by atoms with Crippen LogP contribution in [0.3, 0.4) is 0 Å². The number of ether oxygens (including phenoxy) is 2. The van der Waals surface area contributed by atoms with Crippen LogP contribution in [0.15, 0.2) is 18.2 Å². The second kappa shape index (κ2) is 7.08. The van der Waals surface area contributed by atoms with Gasteiger partial charge in [-0.2, -0.15) is 0 Å². The van der Waals surface area contributed by atoms with Crippen molar-refractivity contribution in [2.75, 3.05) is 32.6 Å². The Labute approximate surface area is 123 Å². The van der Waals surface area contributed by atoms with Crippen LogP contribution >= 0.6 is 0 Å². The molecule has 1 aromatic carbocycles. The van der Waals surface area contributed by atoms with Crippen molar-refractivity contribution in [2.24, 2.45) is 5.92 Å². The first kappa shape index (κ1) is 15.3. The van der Waals surface area contributed by atoms with E-state index in [9.17, 15) is 9.59 Å². The van der Waals surface area contributed by atoms with Gasteiger partial charge in [0.1, 0.15) is 5.75 Å². The van der Waals surface area contributed by atoms with Gasteiger partial charge in [0.2, 0.25) is 5.91 Å². The number of hydrogen-bond acceptors (Lipinski definition) is 5. The number of anilines is 1. The average Bonchev–Trinajstić information content (AvgIpc) is 3.31. The Kier molecular flexibility index (Phi) is 5.16. The van der Waals surface area contributed by atoms with Gasteiger partial charge in [0.15, 0.2) is 0 Å². The number of carbonyl (C=O) groups is 2. The first-order valence-electron chi connectivity index (χ1n) is 6.91. The lowest BCUT2D eigenvalue weighted by Gasteiger charge is -2.11. The highest BCUT2D eigenvalue weighted by Crippen LogP contribution is 2.27. The normalized spacial score (nSPS) is 13.6. The summed E-state index contributed by atoms with van der Waals surface area (Å²) in [6, 6.07) is 4.85. The molecule has 6 nitrogen and oxygen atoms in total. The van der Waals surface area contributed by atoms with Crippen molar-refractivity contribution >= 4 is 17.6 Å². The van der Waals surface area contributed by atoms with Crippen LogP contribution in [0.25, 0.3) is 0 Å². The molecular weight excluding hydrogens is 272 g/mol. The molecule has 2 N–H and O–H groups in total. The average molecular weight is 292 g/mol. The second-order valence-corrected chi connectivity index (χ2v) is 5.03. The molecule has 1 aromatic rings. The monoisotopic (exact) mass is 292 g/mol. The third-order valence-corrected chi connectivity index (χ3v) is 3.32. The van der Waals surface area contributed by atoms with Gasteiger partial charge in [0.05, 0.1) is 32.0 Å². The summed E-state index contributed by atoms with van der Waals surface area (Å²) in [5, 5.41) is 5.81. The van der Waals surface area contributed by atoms with Gasteiger partial charge in [0.25, 0.3) is 0 Å². The highest BCUT2D eigenvalue weighted by Gasteiger charge is 2.21. The molecule has 0 radical (unpaired) electrons. The summed E-state index contributed by atoms with van der Waals surface area (Å²) in [6.07, 6.45) is 2.47. The Morgan fingerprint density at radius 3 is 2.67 bits per heavy atom. The molecular formula is C15H20N2O4. The van der Waals surface area contributed by atoms with Crippen LogP contribution in [0.4, 0.5) is 5.69 Å². The van der Waals surface area contributed by atoms with Crippen LogP contribution < -0.4 is 15.4 Å². The van der Waals surface area contributed by atoms with E-state index in [1.54, 1.807) is 18.2 Å². The zero-order valence-electron chi connectivity index (χ0n) is 12.3. The van der Waals surface area contributed by atoms with E-state index in [0.717, 1.165) is 6.54 Å². The molecule has 1 aliphatic rings. The van der Waals surface area contributed by atoms with Crippen LogP contribution in [0.1, 0.15) is 23.2 Å². The molecule has 0 spiro atoms. The predicted octanol–water partition coefficient (Wildman–Crippen LogP) is 1.42. The molecule has 0 aromatic heterocycles. The van der Waals surface area contributed by atoms with Gasteiger partial charge in [-0.1, -0.05) is 0 Å². The summed E-state index contributed by atoms with van der Waals surface area (Å²) >= 11 is 0. The molecule has 114 valence electrons. The first-order valence-corrected chi connectivity index (χ1v) is 6.91. The smallest absolute Gasteiger partial charge is 0.340 e. The molecule has 0 bridgehead atoms. The van der Waals surface area contributed by atoms with Crippen molar-refractivity contribution in [3.05, 3.63) is 23.8 Å². The molecule has 21 heavy (non-hydrogen) atoms. The zero-order valence-corrected chi connectivity index (χ0v) is 12.3. The van der Waals surface area contributed by atoms with E-state index < -0.39 is 5.97 Å². The fourth-order valence-corrected chi connectivity index (χ4v) is 1.94. The topological polar surface area (TPSA) is 76.7 Å². The number of carbonyl (C=O) groups excluding carboxylic acids is 2. The van der Waals surface area contributed by atoms with Crippen molar-refractivity contribution in [2.45, 2.75) is 12.8 Å². The fraction of sp³-hybridized carbons (Fsp3) is 0.467. The largest absolute Gasteiger partial charge is 0.497 e. The maximum absolute atomic E-state index is 11.9. The summed E-state index contributed by atoms with van der Waals surface area (Å²) in [7, 11) is 2.81. The molecule has 1 saturated carbocycles. The third kappa shape index (κ3) is 4.46. The molecule has 0 heterocycles. The van der Waals surface area contributed by atoms with Crippen molar-refractivity contribution < 1.29 is 19.1 Å². The van der Waals surface area contributed by atoms with E-state index in [2.05, 4.69) is 10.6 Å². The Bertz CT molecular complexity index is 526. The summed E-state index contributed by atoms with van der Waals surface area (Å²) in [6.45, 7) is 1.09. The minimum Gasteiger partial charge on any atom is -0.497 e. The van der Waals surface area contributed by atoms with Crippen molar-refractivity contribution in [1.82, 2.24) is 5.32 Å². The highest BCUT2D eigenvalue weighted by molar-refractivity contribution is 6.02. The van der Waals surface area contributed by atoms with Crippen LogP contribution in [0.2, 0.25) is 0 Å². The van der Waals surface area contributed by atoms with E-state index in [0.29, 0.717) is 17.4 Å². The number of hydrogen-bond donors (Lipinski definition) is 2. The van der Waals surface area contributed by atoms with Gasteiger partial charge in [-0.3, -0.25) is 4.79 Å². The van der Waals surface area contributed by atoms with Crippen molar-refractivity contribution in [3.63, 3.8) is 0 Å². The number of benzene rings is 1. The van der Waals surface area contributed by atoms with E-state index in [1.165, 1.54) is 27.1 Å². The van der Waals surface area contributed by atoms with Crippen LogP contribution in [0, 0.1) is 5.92 Å². The molecule has 6 heteroatoms. The van der Waals surface area contributed by atoms with Gasteiger partial charge in [0, 0.05) is 0 Å². The van der Waals surface area contributed by atoms with Crippen molar-refractivity contribution in [1.29, 1.82) is 0 Å². The van der Waals surface area contributed by atoms with Crippen LogP contribution in [-0.4, -0.2) is 39.2 Å². The molecule has 1 aliphatic carbocycles. The Balaban J connectivity index is 1.99. The predicted molar refractivity (Wildman–Crippen MR) is 78.6 cm³/mol. The maximum atomic E-state index is 11.9. The lowest BCUT2D eigenvalue weighted by atomic mass is 10.1. The van der Waals surface area contributed by atoms with Gasteiger partial charge in [-0.15, -0.1) is 0 Å². The molecule has 1 amide bonds. The van der Waals surface area contributed by atoms with E-state index >= 15 is 0 Å². The first-order chi connectivity index (χ1) is 10.1. The standard InChI is InChI=1S/C15H20N2O4/c1-20-11-5-6-13(12(7-11)15(19)21-2)17-14(18)9-16-8-10-3-4-10/h5-7,10,16H,3-4,8-9H2,1-2H3,(H,17,18). The summed E-state index contributed by atoms with van der Waals surface area (Å²) in [5.74, 6) is 0.533. The van der Waals surface area contributed by atoms with Gasteiger partial charge in [-0.05, 0) is 43.5 Å². The van der Waals surface area contributed by atoms with Gasteiger partial charge in [-0.25, -0.2) is 4.79 Å². The number of amides is 1. The van der Waals surface area contributed by atoms with Crippen LogP contribution in [0.5, 0.6) is 5.75 Å². The number of rotatable bonds is 7. The minimum atomic E-state index is -0.518. The summed E-state index contributed by atoms with van der Waals surface area (Å²) in [5.41, 5.74) is 0.688. The second-order valence-electron chi connectivity index (χ2n) is 5.03. The molecule has 1 fully saturated rings. The van der Waals surface area contributed by atoms with E-state index in [4.69, 9.17) is 9.47 Å². The Hall–Kier alpha value is -2.08. The summed E-state index contributed by atoms with van der Waals surface area (Å²) in [4.78, 5) is 23.6. The summed E-state index contributed by atoms with van der Waals surface area (Å²) < 4.78 is 9.79. The van der Waals surface area contributed by atoms with Crippen molar-refractivity contribution in [3.8, 4) is 5.75 Å². The molecule has 0 aliphatic heterocycles. The molecule has 0 atom stereocenters. The van der Waals surface area contributed by atoms with E-state index in [-0.39, 0.29) is 18.0 Å². The molecule has 2 rings (SSSR count). The van der Waals surface area contributed by atoms with Crippen LogP contribution in [-0.2, 0) is 9.53 Å². The molecule has 0 unspecified atom stereocenters. The lowest BCUT2D eigenvalue weighted by molar-refractivity contribution is -0.115.